The largest absolute Gasteiger partial charge is 0.468 e. The van der Waals surface area contributed by atoms with Gasteiger partial charge in [0.05, 0.1) is 6.61 Å². The molecule has 0 heterocycles. The Labute approximate surface area is 57.1 Å². The fourth-order valence-electron chi connectivity index (χ4n) is 0.238. The number of nitro groups is 1. The number of thiocarbonyl (C=S) groups is 1. The van der Waals surface area contributed by atoms with E-state index in [1.807, 2.05) is 0 Å². The monoisotopic (exact) mass is 150 g/mol. The maximum atomic E-state index is 9.61. The first kappa shape index (κ1) is 8.09. The summed E-state index contributed by atoms with van der Waals surface area (Å²) in [4.78, 5) is 9.61. The molecule has 1 N–H and O–H groups in total. The molecule has 0 saturated heterocycles. The summed E-state index contributed by atoms with van der Waals surface area (Å²) < 4.78 is 4.53. The molecule has 0 aliphatic heterocycles. The van der Waals surface area contributed by atoms with E-state index >= 15 is 0 Å². The highest BCUT2D eigenvalue weighted by atomic mass is 32.1. The van der Waals surface area contributed by atoms with Crippen LogP contribution in [0.25, 0.3) is 0 Å². The van der Waals surface area contributed by atoms with E-state index in [0.717, 1.165) is 0 Å². The average Bonchev–Trinajstić information content (AvgIpc) is 1.63. The molecule has 52 valence electrons. The highest BCUT2D eigenvalue weighted by Crippen LogP contribution is 1.75. The van der Waals surface area contributed by atoms with Crippen LogP contribution in [-0.4, -0.2) is 16.8 Å². The predicted octanol–water partition coefficient (Wildman–Crippen LogP) is 0.0891. The highest BCUT2D eigenvalue weighted by molar-refractivity contribution is 7.80. The molecule has 0 atom stereocenters. The average molecular weight is 150 g/mol. The van der Waals surface area contributed by atoms with Crippen molar-refractivity contribution in [3.63, 3.8) is 0 Å². The number of nitrogens with zero attached hydrogens (tertiary/aromatic N) is 1. The van der Waals surface area contributed by atoms with E-state index in [-0.39, 0.29) is 5.17 Å². The molecule has 0 aromatic rings. The summed E-state index contributed by atoms with van der Waals surface area (Å²) >= 11 is 4.35. The van der Waals surface area contributed by atoms with Crippen LogP contribution in [0.15, 0.2) is 0 Å². The molecule has 0 aromatic carbocycles. The molecule has 5 nitrogen and oxygen atoms in total. The van der Waals surface area contributed by atoms with Crippen molar-refractivity contribution in [3.05, 3.63) is 10.1 Å². The van der Waals surface area contributed by atoms with Gasteiger partial charge in [-0.25, -0.2) is 10.1 Å². The first-order chi connectivity index (χ1) is 4.16. The Morgan fingerprint density at radius 1 is 2.00 bits per heavy atom. The van der Waals surface area contributed by atoms with Crippen LogP contribution in [0.3, 0.4) is 0 Å². The lowest BCUT2D eigenvalue weighted by molar-refractivity contribution is -0.527. The Hall–Kier alpha value is -0.910. The van der Waals surface area contributed by atoms with Gasteiger partial charge in [0.1, 0.15) is 0 Å². The van der Waals surface area contributed by atoms with Gasteiger partial charge in [-0.3, -0.25) is 0 Å². The number of ether oxygens (including phenoxy) is 1. The zero-order valence-electron chi connectivity index (χ0n) is 4.79. The highest BCUT2D eigenvalue weighted by Gasteiger charge is 1.99. The maximum Gasteiger partial charge on any atom is 0.317 e. The zero-order valence-corrected chi connectivity index (χ0v) is 5.60. The van der Waals surface area contributed by atoms with E-state index in [2.05, 4.69) is 17.0 Å². The molecule has 0 aliphatic carbocycles. The van der Waals surface area contributed by atoms with E-state index in [0.29, 0.717) is 6.61 Å². The van der Waals surface area contributed by atoms with Crippen LogP contribution in [-0.2, 0) is 4.74 Å². The molecule has 6 heteroatoms. The number of hydrogen-bond donors (Lipinski definition) is 1. The first-order valence-electron chi connectivity index (χ1n) is 2.24. The third-order valence-corrected chi connectivity index (χ3v) is 0.667. The van der Waals surface area contributed by atoms with Gasteiger partial charge in [0.25, 0.3) is 0 Å². The fraction of sp³-hybridized carbons (Fsp3) is 0.667. The summed E-state index contributed by atoms with van der Waals surface area (Å²) in [5.74, 6) is 0. The summed E-state index contributed by atoms with van der Waals surface area (Å²) in [7, 11) is 0. The topological polar surface area (TPSA) is 64.4 Å². The summed E-state index contributed by atoms with van der Waals surface area (Å²) in [6.07, 6.45) is 0. The Kier molecular flexibility index (Phi) is 3.61. The SMILES string of the molecule is CCOC(=S)N[N+](=O)[O-]. The van der Waals surface area contributed by atoms with Gasteiger partial charge in [-0.1, -0.05) is 5.43 Å². The Morgan fingerprint density at radius 3 is 2.89 bits per heavy atom. The van der Waals surface area contributed by atoms with Crippen molar-refractivity contribution >= 4 is 17.4 Å². The van der Waals surface area contributed by atoms with Gasteiger partial charge in [0, 0.05) is 0 Å². The molecule has 0 amide bonds. The molecule has 0 unspecified atom stereocenters. The smallest absolute Gasteiger partial charge is 0.317 e. The second kappa shape index (κ2) is 4.02. The minimum absolute atomic E-state index is 0.206. The van der Waals surface area contributed by atoms with Gasteiger partial charge in [-0.2, -0.15) is 0 Å². The first-order valence-corrected chi connectivity index (χ1v) is 2.65. The van der Waals surface area contributed by atoms with Crippen molar-refractivity contribution in [2.24, 2.45) is 0 Å². The molecular weight excluding hydrogens is 144 g/mol. The number of rotatable bonds is 2. The second-order valence-electron chi connectivity index (χ2n) is 1.09. The maximum absolute atomic E-state index is 9.61. The van der Waals surface area contributed by atoms with Gasteiger partial charge in [0.2, 0.25) is 0 Å². The van der Waals surface area contributed by atoms with Crippen molar-refractivity contribution in [1.29, 1.82) is 0 Å². The minimum atomic E-state index is -0.766. The van der Waals surface area contributed by atoms with Gasteiger partial charge in [-0.15, -0.1) is 0 Å². The van der Waals surface area contributed by atoms with E-state index in [1.165, 1.54) is 0 Å². The van der Waals surface area contributed by atoms with Crippen molar-refractivity contribution in [3.8, 4) is 0 Å². The zero-order chi connectivity index (χ0) is 7.28. The van der Waals surface area contributed by atoms with Gasteiger partial charge in [-0.05, 0) is 19.1 Å². The lowest BCUT2D eigenvalue weighted by Gasteiger charge is -1.98. The van der Waals surface area contributed by atoms with Gasteiger partial charge < -0.3 is 4.74 Å². The molecular formula is C3H6N2O3S. The number of hydrazine groups is 1. The van der Waals surface area contributed by atoms with Gasteiger partial charge >= 0.3 is 5.17 Å². The molecule has 0 aliphatic rings. The third kappa shape index (κ3) is 4.95. The summed E-state index contributed by atoms with van der Waals surface area (Å²) in [5.41, 5.74) is 1.68. The van der Waals surface area contributed by atoms with Crippen molar-refractivity contribution in [2.45, 2.75) is 6.92 Å². The Bertz CT molecular complexity index is 126. The third-order valence-electron chi connectivity index (χ3n) is 0.458. The summed E-state index contributed by atoms with van der Waals surface area (Å²) in [5, 5.41) is 8.64. The van der Waals surface area contributed by atoms with Crippen LogP contribution in [0.2, 0.25) is 0 Å². The van der Waals surface area contributed by atoms with E-state index in [9.17, 15) is 10.1 Å². The van der Waals surface area contributed by atoms with Gasteiger partial charge in [0.15, 0.2) is 5.03 Å². The summed E-state index contributed by atoms with van der Waals surface area (Å²) in [6.45, 7) is 2.02. The molecule has 9 heavy (non-hydrogen) atoms. The lowest BCUT2D eigenvalue weighted by Crippen LogP contribution is -2.29. The Morgan fingerprint density at radius 2 is 2.56 bits per heavy atom. The molecule has 0 saturated carbocycles. The van der Waals surface area contributed by atoms with Crippen LogP contribution in [0.5, 0.6) is 0 Å². The molecule has 0 fully saturated rings. The van der Waals surface area contributed by atoms with Crippen LogP contribution >= 0.6 is 12.2 Å². The molecule has 0 bridgehead atoms. The molecule has 0 spiro atoms. The van der Waals surface area contributed by atoms with E-state index in [1.54, 1.807) is 12.3 Å². The van der Waals surface area contributed by atoms with Crippen LogP contribution in [0, 0.1) is 10.1 Å². The lowest BCUT2D eigenvalue weighted by atomic mass is 10.9. The molecule has 0 aromatic heterocycles. The van der Waals surface area contributed by atoms with E-state index < -0.39 is 5.03 Å². The fourth-order valence-corrected chi connectivity index (χ4v) is 0.430. The molecule has 0 radical (unpaired) electrons. The minimum Gasteiger partial charge on any atom is -0.468 e. The van der Waals surface area contributed by atoms with Crippen LogP contribution < -0.4 is 5.43 Å². The normalized spacial score (nSPS) is 8.11. The second-order valence-corrected chi connectivity index (χ2v) is 1.46. The van der Waals surface area contributed by atoms with E-state index in [4.69, 9.17) is 0 Å². The quantitative estimate of drug-likeness (QED) is 0.343. The Balaban J connectivity index is 3.39. The number of nitrogens with one attached hydrogen (secondary N) is 1. The predicted molar refractivity (Wildman–Crippen MR) is 34.4 cm³/mol. The standard InChI is InChI=1S/C3H6N2O3S/c1-2-8-3(9)4-5(6)7/h2H2,1H3,(H,4,9). The van der Waals surface area contributed by atoms with Crippen molar-refractivity contribution in [2.75, 3.05) is 6.61 Å². The van der Waals surface area contributed by atoms with Crippen molar-refractivity contribution in [1.82, 2.24) is 5.43 Å². The van der Waals surface area contributed by atoms with Crippen molar-refractivity contribution < 1.29 is 9.77 Å². The van der Waals surface area contributed by atoms with Crippen LogP contribution in [0.4, 0.5) is 0 Å². The van der Waals surface area contributed by atoms with Crippen LogP contribution in [0.1, 0.15) is 6.92 Å². The summed E-state index contributed by atoms with van der Waals surface area (Å²) in [6, 6.07) is 0. The number of hydrogen-bond acceptors (Lipinski definition) is 4. The molecule has 0 rings (SSSR count).